The summed E-state index contributed by atoms with van der Waals surface area (Å²) in [6, 6.07) is 6.81. The molecule has 0 saturated carbocycles. The first-order valence-electron chi connectivity index (χ1n) is 8.17. The van der Waals surface area contributed by atoms with Gasteiger partial charge in [-0.25, -0.2) is 0 Å². The topological polar surface area (TPSA) is 113 Å². The maximum atomic E-state index is 12.6. The van der Waals surface area contributed by atoms with E-state index in [1.54, 1.807) is 4.90 Å². The summed E-state index contributed by atoms with van der Waals surface area (Å²) >= 11 is 0. The molecule has 1 aliphatic heterocycles. The van der Waals surface area contributed by atoms with Crippen molar-refractivity contribution in [2.75, 3.05) is 18.8 Å². The Balaban J connectivity index is 2.12. The highest BCUT2D eigenvalue weighted by atomic mass is 16.4. The van der Waals surface area contributed by atoms with E-state index in [-0.39, 0.29) is 18.7 Å². The third-order valence-corrected chi connectivity index (χ3v) is 4.39. The summed E-state index contributed by atoms with van der Waals surface area (Å²) in [5.74, 6) is -1.25. The van der Waals surface area contributed by atoms with Gasteiger partial charge in [-0.15, -0.1) is 0 Å². The van der Waals surface area contributed by atoms with E-state index in [0.29, 0.717) is 31.6 Å². The Morgan fingerprint density at radius 1 is 1.40 bits per heavy atom. The lowest BCUT2D eigenvalue weighted by molar-refractivity contribution is -0.138. The summed E-state index contributed by atoms with van der Waals surface area (Å²) in [6.45, 7) is 2.90. The number of aliphatic carboxylic acids is 1. The Morgan fingerprint density at radius 3 is 2.72 bits per heavy atom. The number of amides is 2. The van der Waals surface area contributed by atoms with E-state index < -0.39 is 12.0 Å². The van der Waals surface area contributed by atoms with Crippen molar-refractivity contribution in [3.63, 3.8) is 0 Å². The van der Waals surface area contributed by atoms with Crippen LogP contribution < -0.4 is 11.1 Å². The molecule has 7 nitrogen and oxygen atoms in total. The molecule has 0 spiro atoms. The van der Waals surface area contributed by atoms with Crippen LogP contribution in [0.2, 0.25) is 0 Å². The number of carboxylic acids is 1. The summed E-state index contributed by atoms with van der Waals surface area (Å²) in [7, 11) is 0. The second-order valence-corrected chi connectivity index (χ2v) is 6.13. The van der Waals surface area contributed by atoms with E-state index in [0.717, 1.165) is 16.7 Å². The zero-order chi connectivity index (χ0) is 18.4. The van der Waals surface area contributed by atoms with Gasteiger partial charge in [-0.3, -0.25) is 14.4 Å². The Hall–Kier alpha value is -2.83. The molecule has 4 N–H and O–H groups in total. The number of carbonyl (C=O) groups excluding carboxylic acids is 2. The highest BCUT2D eigenvalue weighted by Gasteiger charge is 2.28. The monoisotopic (exact) mass is 345 g/mol. The van der Waals surface area contributed by atoms with E-state index in [9.17, 15) is 14.4 Å². The lowest BCUT2D eigenvalue weighted by Crippen LogP contribution is -2.48. The molecule has 0 fully saturated rings. The highest BCUT2D eigenvalue weighted by Crippen LogP contribution is 2.31. The quantitative estimate of drug-likeness (QED) is 0.508. The van der Waals surface area contributed by atoms with Gasteiger partial charge in [0.15, 0.2) is 0 Å². The zero-order valence-electron chi connectivity index (χ0n) is 14.2. The number of para-hydroxylation sites is 1. The van der Waals surface area contributed by atoms with E-state index in [1.807, 2.05) is 31.2 Å². The molecule has 0 saturated heterocycles. The fraction of sp³-hybridized carbons (Fsp3) is 0.389. The van der Waals surface area contributed by atoms with Crippen LogP contribution in [0.4, 0.5) is 5.69 Å². The molecule has 1 aromatic rings. The summed E-state index contributed by atoms with van der Waals surface area (Å²) in [4.78, 5) is 35.7. The van der Waals surface area contributed by atoms with Crippen molar-refractivity contribution in [2.24, 2.45) is 0 Å². The summed E-state index contributed by atoms with van der Waals surface area (Å²) in [5.41, 5.74) is 9.91. The predicted octanol–water partition coefficient (Wildman–Crippen LogP) is 1.25. The second kappa shape index (κ2) is 8.32. The minimum Gasteiger partial charge on any atom is -0.481 e. The highest BCUT2D eigenvalue weighted by molar-refractivity contribution is 5.86. The fourth-order valence-electron chi connectivity index (χ4n) is 3.09. The number of hydrogen-bond acceptors (Lipinski definition) is 4. The smallest absolute Gasteiger partial charge is 0.303 e. The molecule has 134 valence electrons. The fourth-order valence-corrected chi connectivity index (χ4v) is 3.09. The van der Waals surface area contributed by atoms with Crippen LogP contribution in [-0.2, 0) is 14.4 Å². The van der Waals surface area contributed by atoms with Crippen LogP contribution in [0, 0.1) is 0 Å². The van der Waals surface area contributed by atoms with Crippen molar-refractivity contribution in [3.05, 3.63) is 35.4 Å². The second-order valence-electron chi connectivity index (χ2n) is 6.13. The average molecular weight is 345 g/mol. The molecule has 0 bridgehead atoms. The third kappa shape index (κ3) is 4.59. The van der Waals surface area contributed by atoms with Gasteiger partial charge < -0.3 is 21.1 Å². The van der Waals surface area contributed by atoms with Crippen LogP contribution >= 0.6 is 0 Å². The van der Waals surface area contributed by atoms with Gasteiger partial charge >= 0.3 is 5.97 Å². The van der Waals surface area contributed by atoms with E-state index in [4.69, 9.17) is 10.8 Å². The minimum atomic E-state index is -0.998. The molecule has 7 heteroatoms. The first kappa shape index (κ1) is 18.5. The molecule has 1 aromatic carbocycles. The number of anilines is 1. The zero-order valence-corrected chi connectivity index (χ0v) is 14.2. The van der Waals surface area contributed by atoms with E-state index in [1.165, 1.54) is 0 Å². The van der Waals surface area contributed by atoms with Crippen molar-refractivity contribution in [3.8, 4) is 0 Å². The summed E-state index contributed by atoms with van der Waals surface area (Å²) in [5, 5.41) is 11.2. The third-order valence-electron chi connectivity index (χ3n) is 4.39. The van der Waals surface area contributed by atoms with E-state index >= 15 is 0 Å². The predicted molar refractivity (Wildman–Crippen MR) is 94.5 cm³/mol. The van der Waals surface area contributed by atoms with Crippen molar-refractivity contribution < 1.29 is 19.5 Å². The number of hydrogen-bond donors (Lipinski definition) is 3. The Kier molecular flexibility index (Phi) is 6.16. The van der Waals surface area contributed by atoms with Gasteiger partial charge in [-0.1, -0.05) is 23.8 Å². The number of nitrogens with zero attached hydrogens (tertiary/aromatic N) is 1. The van der Waals surface area contributed by atoms with Crippen LogP contribution in [0.5, 0.6) is 0 Å². The van der Waals surface area contributed by atoms with Crippen LogP contribution in [-0.4, -0.2) is 47.4 Å². The number of rotatable bonds is 7. The SMILES string of the molecule is CC1=C(c2ccccc2N)CCN(C(=O)[C@H](CCC(=O)O)NC=O)C1. The van der Waals surface area contributed by atoms with Gasteiger partial charge in [-0.05, 0) is 31.4 Å². The number of benzene rings is 1. The number of nitrogen functional groups attached to an aromatic ring is 1. The maximum Gasteiger partial charge on any atom is 0.303 e. The molecular weight excluding hydrogens is 322 g/mol. The van der Waals surface area contributed by atoms with Crippen LogP contribution in [0.15, 0.2) is 29.8 Å². The van der Waals surface area contributed by atoms with Crippen molar-refractivity contribution in [2.45, 2.75) is 32.2 Å². The number of nitrogens with one attached hydrogen (secondary N) is 1. The van der Waals surface area contributed by atoms with E-state index in [2.05, 4.69) is 5.32 Å². The lowest BCUT2D eigenvalue weighted by Gasteiger charge is -2.32. The van der Waals surface area contributed by atoms with Gasteiger partial charge in [0, 0.05) is 30.8 Å². The number of nitrogens with two attached hydrogens (primary N) is 1. The van der Waals surface area contributed by atoms with Crippen LogP contribution in [0.1, 0.15) is 31.7 Å². The molecule has 0 radical (unpaired) electrons. The lowest BCUT2D eigenvalue weighted by atomic mass is 9.92. The summed E-state index contributed by atoms with van der Waals surface area (Å²) in [6.07, 6.45) is 1.00. The van der Waals surface area contributed by atoms with Crippen molar-refractivity contribution in [1.82, 2.24) is 10.2 Å². The van der Waals surface area contributed by atoms with Gasteiger partial charge in [-0.2, -0.15) is 0 Å². The molecule has 2 rings (SSSR count). The van der Waals surface area contributed by atoms with Gasteiger partial charge in [0.1, 0.15) is 6.04 Å². The number of carboxylic acid groups (broad SMARTS) is 1. The van der Waals surface area contributed by atoms with Gasteiger partial charge in [0.25, 0.3) is 0 Å². The Labute approximate surface area is 146 Å². The largest absolute Gasteiger partial charge is 0.481 e. The Bertz CT molecular complexity index is 699. The number of carbonyl (C=O) groups is 3. The minimum absolute atomic E-state index is 0.0741. The molecular formula is C18H23N3O4. The molecule has 1 aliphatic rings. The van der Waals surface area contributed by atoms with Gasteiger partial charge in [0.05, 0.1) is 0 Å². The van der Waals surface area contributed by atoms with Crippen molar-refractivity contribution >= 4 is 29.5 Å². The van der Waals surface area contributed by atoms with Crippen LogP contribution in [0.3, 0.4) is 0 Å². The molecule has 2 amide bonds. The molecule has 1 atom stereocenters. The standard InChI is InChI=1S/C18H23N3O4/c1-12-10-21(18(25)16(20-11-22)6-7-17(23)24)9-8-13(12)14-4-2-3-5-15(14)19/h2-5,11,16H,6-10,19H2,1H3,(H,20,22)(H,23,24)/t16-/m0/s1. The average Bonchev–Trinajstić information content (AvgIpc) is 2.58. The molecule has 1 heterocycles. The van der Waals surface area contributed by atoms with Gasteiger partial charge in [0.2, 0.25) is 12.3 Å². The first-order valence-corrected chi connectivity index (χ1v) is 8.17. The first-order chi connectivity index (χ1) is 11.9. The normalized spacial score (nSPS) is 15.6. The molecule has 25 heavy (non-hydrogen) atoms. The Morgan fingerprint density at radius 2 is 2.12 bits per heavy atom. The van der Waals surface area contributed by atoms with Crippen molar-refractivity contribution in [1.29, 1.82) is 0 Å². The summed E-state index contributed by atoms with van der Waals surface area (Å²) < 4.78 is 0. The molecule has 0 aliphatic carbocycles. The molecule has 0 unspecified atom stereocenters. The maximum absolute atomic E-state index is 12.6. The molecule has 0 aromatic heterocycles. The van der Waals surface area contributed by atoms with Crippen LogP contribution in [0.25, 0.3) is 5.57 Å².